The number of rotatable bonds is 12. The molecule has 0 N–H and O–H groups in total. The van der Waals surface area contributed by atoms with Crippen molar-refractivity contribution >= 4 is 27.1 Å². The van der Waals surface area contributed by atoms with E-state index in [-0.39, 0.29) is 11.1 Å². The Morgan fingerprint density at radius 2 is 1.02 bits per heavy atom. The zero-order valence-electron chi connectivity index (χ0n) is 37.8. The van der Waals surface area contributed by atoms with E-state index in [4.69, 9.17) is 12.6 Å². The van der Waals surface area contributed by atoms with Gasteiger partial charge in [0.1, 0.15) is 0 Å². The molecular formula is C52H84BN3P+. The van der Waals surface area contributed by atoms with Crippen LogP contribution >= 0.6 is 7.80 Å². The summed E-state index contributed by atoms with van der Waals surface area (Å²) in [4.78, 5) is 13.7. The molecule has 2 aromatic rings. The summed E-state index contributed by atoms with van der Waals surface area (Å²) in [5, 5.41) is 0. The molecule has 2 aromatic carbocycles. The first-order chi connectivity index (χ1) is 27.5. The van der Waals surface area contributed by atoms with Crippen LogP contribution in [0.2, 0.25) is 0 Å². The second-order valence-corrected chi connectivity index (χ2v) is 22.7. The summed E-state index contributed by atoms with van der Waals surface area (Å²) >= 11 is 0. The molecule has 0 atom stereocenters. The number of hydrogen-bond donors (Lipinski definition) is 0. The van der Waals surface area contributed by atoms with E-state index in [0.29, 0.717) is 0 Å². The van der Waals surface area contributed by atoms with Crippen molar-refractivity contribution in [2.45, 2.75) is 218 Å². The molecule has 4 saturated carbocycles. The Labute approximate surface area is 354 Å². The molecule has 3 nitrogen and oxygen atoms in total. The number of nitrogens with zero attached hydrogens (tertiary/aromatic N) is 3. The maximum Gasteiger partial charge on any atom is 0.362 e. The molecule has 0 heterocycles. The minimum Gasteiger partial charge on any atom is -0.288 e. The fourth-order valence-electron chi connectivity index (χ4n) is 10.0. The highest BCUT2D eigenvalue weighted by atomic mass is 31.1. The quantitative estimate of drug-likeness (QED) is 0.117. The van der Waals surface area contributed by atoms with Crippen LogP contribution in [0.15, 0.2) is 75.6 Å². The molecule has 0 aliphatic heterocycles. The Morgan fingerprint density at radius 1 is 0.596 bits per heavy atom. The molecule has 5 heteroatoms. The van der Waals surface area contributed by atoms with Gasteiger partial charge in [-0.3, -0.25) is 4.99 Å². The molecule has 314 valence electrons. The van der Waals surface area contributed by atoms with Crippen molar-refractivity contribution in [1.82, 2.24) is 0 Å². The Balaban J connectivity index is 0.000000209. The van der Waals surface area contributed by atoms with Gasteiger partial charge in [0.15, 0.2) is 0 Å². The minimum atomic E-state index is -0.491. The van der Waals surface area contributed by atoms with Crippen LogP contribution in [0.3, 0.4) is 0 Å². The monoisotopic (exact) mass is 793 g/mol. The summed E-state index contributed by atoms with van der Waals surface area (Å²) in [5.41, 5.74) is 6.28. The molecular weight excluding hydrogens is 708 g/mol. The van der Waals surface area contributed by atoms with Gasteiger partial charge in [-0.15, -0.1) is 0 Å². The third-order valence-corrected chi connectivity index (χ3v) is 15.9. The van der Waals surface area contributed by atoms with Gasteiger partial charge < -0.3 is 0 Å². The average Bonchev–Trinajstić information content (AvgIpc) is 3.22. The molecule has 6 rings (SSSR count). The summed E-state index contributed by atoms with van der Waals surface area (Å²) in [6.45, 7) is 13.7. The maximum absolute atomic E-state index is 6.52. The molecule has 0 amide bonds. The predicted octanol–water partition coefficient (Wildman–Crippen LogP) is 15.2. The molecule has 0 saturated heterocycles. The van der Waals surface area contributed by atoms with Crippen LogP contribution in [-0.4, -0.2) is 48.2 Å². The van der Waals surface area contributed by atoms with Crippen molar-refractivity contribution in [3.05, 3.63) is 71.8 Å². The predicted molar refractivity (Wildman–Crippen MR) is 256 cm³/mol. The first-order valence-electron chi connectivity index (χ1n) is 23.9. The van der Waals surface area contributed by atoms with Crippen molar-refractivity contribution in [2.75, 3.05) is 6.54 Å². The Bertz CT molecular complexity index is 1380. The van der Waals surface area contributed by atoms with Gasteiger partial charge in [0, 0.05) is 11.6 Å². The summed E-state index contributed by atoms with van der Waals surface area (Å²) in [7, 11) is 6.03. The normalized spacial score (nSPS) is 19.5. The molecule has 4 aliphatic rings. The van der Waals surface area contributed by atoms with Crippen molar-refractivity contribution < 1.29 is 0 Å². The van der Waals surface area contributed by atoms with Gasteiger partial charge in [-0.05, 0) is 175 Å². The SMILES string of the molecule is CC(C)(C)N=C(CCCc1ccccc1)C(C1CCCCC1)C1CCCCC1.CC(C)(C)N=C=NCCc1ccccc1.[B][PH+](C1CCCCC1)C1CCCCC1. The highest BCUT2D eigenvalue weighted by molar-refractivity contribution is 7.83. The Hall–Kier alpha value is -2.02. The third-order valence-electron chi connectivity index (χ3n) is 12.9. The van der Waals surface area contributed by atoms with Gasteiger partial charge in [0.2, 0.25) is 0 Å². The van der Waals surface area contributed by atoms with Crippen molar-refractivity contribution in [3.63, 3.8) is 0 Å². The molecule has 4 aliphatic carbocycles. The van der Waals surface area contributed by atoms with Gasteiger partial charge in [-0.2, -0.15) is 0 Å². The Morgan fingerprint density at radius 3 is 1.44 bits per heavy atom. The lowest BCUT2D eigenvalue weighted by molar-refractivity contribution is 0.193. The summed E-state index contributed by atoms with van der Waals surface area (Å²) in [5.74, 6) is 2.56. The third kappa shape index (κ3) is 19.7. The van der Waals surface area contributed by atoms with E-state index in [0.717, 1.165) is 42.0 Å². The highest BCUT2D eigenvalue weighted by Gasteiger charge is 2.36. The second-order valence-electron chi connectivity index (χ2n) is 20.1. The van der Waals surface area contributed by atoms with Gasteiger partial charge >= 0.3 is 7.57 Å². The first-order valence-corrected chi connectivity index (χ1v) is 25.6. The molecule has 57 heavy (non-hydrogen) atoms. The number of aryl methyl sites for hydroxylation is 1. The van der Waals surface area contributed by atoms with Crippen LogP contribution < -0.4 is 0 Å². The van der Waals surface area contributed by atoms with E-state index in [1.165, 1.54) is 159 Å². The van der Waals surface area contributed by atoms with Crippen molar-refractivity contribution in [3.8, 4) is 0 Å². The molecule has 4 fully saturated rings. The van der Waals surface area contributed by atoms with E-state index in [9.17, 15) is 0 Å². The lowest BCUT2D eigenvalue weighted by Gasteiger charge is -2.39. The molecule has 0 unspecified atom stereocenters. The zero-order valence-corrected chi connectivity index (χ0v) is 38.8. The van der Waals surface area contributed by atoms with Crippen LogP contribution in [0, 0.1) is 17.8 Å². The van der Waals surface area contributed by atoms with Crippen LogP contribution in [0.25, 0.3) is 0 Å². The van der Waals surface area contributed by atoms with Gasteiger partial charge in [-0.25, -0.2) is 9.98 Å². The van der Waals surface area contributed by atoms with Crippen molar-refractivity contribution in [2.24, 2.45) is 32.7 Å². The standard InChI is InChI=1S/C27H43N.C13H18N2.C12H23BP/c1-27(2,3)28-25(21-13-16-22-14-7-4-8-15-22)26(23-17-9-5-10-18-23)24-19-11-6-12-20-24;1-13(2,3)15-11-14-10-9-12-7-5-4-6-8-12;13-14(11-7-3-1-4-8-11)12-9-5-2-6-10-12/h4,7-8,14-15,23-24,26H,5-6,9-13,16-21H2,1-3H3;4-8H,9-10H2,1-3H3;11-12,14H,1-10H2/q;;+1. The van der Waals surface area contributed by atoms with Crippen LogP contribution in [-0.2, 0) is 12.8 Å². The fraction of sp³-hybridized carbons (Fsp3) is 0.731. The van der Waals surface area contributed by atoms with E-state index in [1.54, 1.807) is 5.71 Å². The van der Waals surface area contributed by atoms with Gasteiger partial charge in [0.25, 0.3) is 0 Å². The summed E-state index contributed by atoms with van der Waals surface area (Å²) < 4.78 is 0. The van der Waals surface area contributed by atoms with E-state index < -0.39 is 7.80 Å². The fourth-order valence-corrected chi connectivity index (χ4v) is 12.8. The average molecular weight is 793 g/mol. The number of benzene rings is 2. The molecule has 2 radical (unpaired) electrons. The summed E-state index contributed by atoms with van der Waals surface area (Å²) in [6, 6.07) is 24.1. The van der Waals surface area contributed by atoms with E-state index >= 15 is 0 Å². The van der Waals surface area contributed by atoms with Crippen LogP contribution in [0.4, 0.5) is 0 Å². The minimum absolute atomic E-state index is 0.0453. The van der Waals surface area contributed by atoms with Gasteiger partial charge in [0.05, 0.1) is 34.9 Å². The maximum atomic E-state index is 6.52. The molecule has 0 aromatic heterocycles. The number of hydrogen-bond acceptors (Lipinski definition) is 3. The van der Waals surface area contributed by atoms with E-state index in [2.05, 4.69) is 79.2 Å². The van der Waals surface area contributed by atoms with Crippen LogP contribution in [0.1, 0.15) is 194 Å². The lowest BCUT2D eigenvalue weighted by atomic mass is 9.67. The van der Waals surface area contributed by atoms with E-state index in [1.807, 2.05) is 39.0 Å². The first kappa shape index (κ1) is 47.7. The second kappa shape index (κ2) is 26.2. The largest absolute Gasteiger partial charge is 0.362 e. The molecule has 0 bridgehead atoms. The lowest BCUT2D eigenvalue weighted by Crippen LogP contribution is -2.35. The highest BCUT2D eigenvalue weighted by Crippen LogP contribution is 2.52. The number of aliphatic imine (C=N–C) groups is 3. The van der Waals surface area contributed by atoms with Crippen LogP contribution in [0.5, 0.6) is 0 Å². The van der Waals surface area contributed by atoms with Crippen molar-refractivity contribution in [1.29, 1.82) is 0 Å². The zero-order chi connectivity index (χ0) is 40.8. The summed E-state index contributed by atoms with van der Waals surface area (Å²) in [6.07, 6.45) is 33.7. The smallest absolute Gasteiger partial charge is 0.288 e. The van der Waals surface area contributed by atoms with Gasteiger partial charge in [-0.1, -0.05) is 112 Å². The molecule has 0 spiro atoms. The topological polar surface area (TPSA) is 37.1 Å². The Kier molecular flexibility index (Phi) is 21.9.